The normalized spacial score (nSPS) is 28.4. The molecule has 4 atom stereocenters. The quantitative estimate of drug-likeness (QED) is 0.480. The highest BCUT2D eigenvalue weighted by atomic mass is 16.5. The zero-order valence-electron chi connectivity index (χ0n) is 24.4. The van der Waals surface area contributed by atoms with Gasteiger partial charge in [0.05, 0.1) is 6.10 Å². The molecule has 7 nitrogen and oxygen atoms in total. The van der Waals surface area contributed by atoms with Crippen molar-refractivity contribution in [1.82, 2.24) is 0 Å². The maximum atomic E-state index is 12.0. The molecule has 0 saturated heterocycles. The SMILES string of the molecule is [2H]C([2H])([2H])C(CCCc1cc(OC(C)=O)c2c(c1)OC(C)(C([2H])([2H])[2H])C1CCC(C(=O)O)=CC21)OC(C)=O. The van der Waals surface area contributed by atoms with Crippen LogP contribution in [0.3, 0.4) is 0 Å². The molecule has 1 aliphatic carbocycles. The van der Waals surface area contributed by atoms with Crippen LogP contribution in [0.15, 0.2) is 23.8 Å². The van der Waals surface area contributed by atoms with E-state index >= 15 is 0 Å². The van der Waals surface area contributed by atoms with Crippen LogP contribution in [-0.2, 0) is 25.5 Å². The first-order valence-corrected chi connectivity index (χ1v) is 10.6. The summed E-state index contributed by atoms with van der Waals surface area (Å²) in [5.41, 5.74) is -0.518. The highest BCUT2D eigenvalue weighted by Crippen LogP contribution is 2.53. The number of hydrogen-bond acceptors (Lipinski definition) is 6. The van der Waals surface area contributed by atoms with Crippen molar-refractivity contribution in [2.24, 2.45) is 5.92 Å². The fourth-order valence-electron chi connectivity index (χ4n) is 4.49. The van der Waals surface area contributed by atoms with Crippen LogP contribution in [0.25, 0.3) is 0 Å². The number of hydrogen-bond donors (Lipinski definition) is 1. The number of aryl methyl sites for hydroxylation is 1. The molecule has 0 aromatic heterocycles. The van der Waals surface area contributed by atoms with Gasteiger partial charge in [-0.3, -0.25) is 9.59 Å². The Labute approximate surface area is 197 Å². The van der Waals surface area contributed by atoms with Crippen molar-refractivity contribution in [2.45, 2.75) is 84.2 Å². The van der Waals surface area contributed by atoms with Gasteiger partial charge in [-0.2, -0.15) is 0 Å². The molecule has 0 radical (unpaired) electrons. The fourth-order valence-corrected chi connectivity index (χ4v) is 4.49. The van der Waals surface area contributed by atoms with Crippen LogP contribution in [-0.4, -0.2) is 34.7 Å². The molecule has 174 valence electrons. The second-order valence-electron chi connectivity index (χ2n) is 8.47. The molecular weight excluding hydrogens is 412 g/mol. The molecule has 2 aliphatic rings. The molecule has 1 aliphatic heterocycles. The Hall–Kier alpha value is -2.83. The van der Waals surface area contributed by atoms with Gasteiger partial charge in [0.15, 0.2) is 0 Å². The molecule has 32 heavy (non-hydrogen) atoms. The van der Waals surface area contributed by atoms with Gasteiger partial charge in [0.2, 0.25) is 0 Å². The van der Waals surface area contributed by atoms with Crippen molar-refractivity contribution in [3.8, 4) is 11.5 Å². The summed E-state index contributed by atoms with van der Waals surface area (Å²) >= 11 is 0. The number of carboxylic acids is 1. The zero-order valence-corrected chi connectivity index (χ0v) is 18.4. The standard InChI is InChI=1S/C25H32O7/c1-14(30-15(2)26)7-6-8-17-11-21(31-16(3)27)23-19-13-18(24(28)29)9-10-20(19)25(4,5)32-22(23)12-17/h11-14,19-20H,6-10H2,1-5H3,(H,28,29)/i1D3,4D3. The Morgan fingerprint density at radius 2 is 2.09 bits per heavy atom. The average molecular weight is 451 g/mol. The second kappa shape index (κ2) is 9.35. The Bertz CT molecular complexity index is 1140. The van der Waals surface area contributed by atoms with Crippen molar-refractivity contribution in [3.05, 3.63) is 34.9 Å². The maximum absolute atomic E-state index is 12.0. The van der Waals surface area contributed by atoms with E-state index in [4.69, 9.17) is 22.4 Å². The summed E-state index contributed by atoms with van der Waals surface area (Å²) in [6.07, 6.45) is 1.28. The summed E-state index contributed by atoms with van der Waals surface area (Å²) in [6, 6.07) is 3.21. The molecule has 4 unspecified atom stereocenters. The lowest BCUT2D eigenvalue weighted by Gasteiger charge is -2.46. The number of esters is 2. The van der Waals surface area contributed by atoms with Crippen molar-refractivity contribution in [2.75, 3.05) is 0 Å². The highest BCUT2D eigenvalue weighted by Gasteiger charge is 2.46. The summed E-state index contributed by atoms with van der Waals surface area (Å²) in [7, 11) is 0. The third-order valence-corrected chi connectivity index (χ3v) is 5.83. The van der Waals surface area contributed by atoms with Crippen LogP contribution in [0.2, 0.25) is 0 Å². The molecule has 0 spiro atoms. The largest absolute Gasteiger partial charge is 0.487 e. The van der Waals surface area contributed by atoms with E-state index in [1.165, 1.54) is 19.9 Å². The number of benzene rings is 1. The number of aliphatic carboxylic acids is 1. The lowest BCUT2D eigenvalue weighted by molar-refractivity contribution is -0.145. The van der Waals surface area contributed by atoms with Crippen LogP contribution in [0.5, 0.6) is 11.5 Å². The van der Waals surface area contributed by atoms with Crippen molar-refractivity contribution >= 4 is 17.9 Å². The highest BCUT2D eigenvalue weighted by molar-refractivity contribution is 5.87. The van der Waals surface area contributed by atoms with Gasteiger partial charge in [-0.1, -0.05) is 6.08 Å². The monoisotopic (exact) mass is 450 g/mol. The lowest BCUT2D eigenvalue weighted by atomic mass is 9.67. The number of rotatable bonds is 7. The summed E-state index contributed by atoms with van der Waals surface area (Å²) < 4.78 is 64.1. The minimum atomic E-state index is -2.54. The van der Waals surface area contributed by atoms with Gasteiger partial charge in [0.25, 0.3) is 0 Å². The molecule has 1 aromatic carbocycles. The summed E-state index contributed by atoms with van der Waals surface area (Å²) in [6.45, 7) is -1.21. The molecular formula is C25H32O7. The molecule has 1 heterocycles. The molecule has 7 heteroatoms. The van der Waals surface area contributed by atoms with Crippen LogP contribution in [0.1, 0.15) is 85.4 Å². The number of allylic oxidation sites excluding steroid dienone is 1. The van der Waals surface area contributed by atoms with Crippen LogP contribution in [0.4, 0.5) is 0 Å². The van der Waals surface area contributed by atoms with Gasteiger partial charge in [-0.15, -0.1) is 0 Å². The molecule has 0 amide bonds. The molecule has 0 fully saturated rings. The van der Waals surface area contributed by atoms with Gasteiger partial charge < -0.3 is 19.3 Å². The van der Waals surface area contributed by atoms with E-state index in [1.54, 1.807) is 12.1 Å². The van der Waals surface area contributed by atoms with E-state index < -0.39 is 55.2 Å². The molecule has 0 saturated carbocycles. The number of carboxylic acid groups (broad SMARTS) is 1. The van der Waals surface area contributed by atoms with Crippen LogP contribution >= 0.6 is 0 Å². The van der Waals surface area contributed by atoms with Gasteiger partial charge in [0, 0.05) is 45.0 Å². The second-order valence-corrected chi connectivity index (χ2v) is 8.47. The van der Waals surface area contributed by atoms with Crippen molar-refractivity contribution < 1.29 is 41.9 Å². The van der Waals surface area contributed by atoms with E-state index in [0.29, 0.717) is 17.5 Å². The minimum absolute atomic E-state index is 0.0410. The summed E-state index contributed by atoms with van der Waals surface area (Å²) in [4.78, 5) is 35.1. The van der Waals surface area contributed by atoms with E-state index in [1.807, 2.05) is 0 Å². The lowest BCUT2D eigenvalue weighted by Crippen LogP contribution is -2.45. The molecule has 0 bridgehead atoms. The van der Waals surface area contributed by atoms with E-state index in [-0.39, 0.29) is 42.8 Å². The van der Waals surface area contributed by atoms with E-state index in [0.717, 1.165) is 6.92 Å². The Morgan fingerprint density at radius 3 is 2.72 bits per heavy atom. The number of fused-ring (bicyclic) bond motifs is 3. The van der Waals surface area contributed by atoms with Gasteiger partial charge in [-0.05, 0) is 70.4 Å². The van der Waals surface area contributed by atoms with Crippen molar-refractivity contribution in [1.29, 1.82) is 0 Å². The van der Waals surface area contributed by atoms with E-state index in [2.05, 4.69) is 0 Å². The van der Waals surface area contributed by atoms with Gasteiger partial charge >= 0.3 is 17.9 Å². The minimum Gasteiger partial charge on any atom is -0.487 e. The first-order valence-electron chi connectivity index (χ1n) is 13.6. The predicted octanol–water partition coefficient (Wildman–Crippen LogP) is 4.56. The Morgan fingerprint density at radius 1 is 1.31 bits per heavy atom. The number of carbonyl (C=O) groups excluding carboxylic acids is 2. The molecule has 3 rings (SSSR count). The van der Waals surface area contributed by atoms with Crippen LogP contribution < -0.4 is 9.47 Å². The third-order valence-electron chi connectivity index (χ3n) is 5.83. The average Bonchev–Trinajstić information content (AvgIpc) is 2.75. The summed E-state index contributed by atoms with van der Waals surface area (Å²) in [5, 5.41) is 9.61. The summed E-state index contributed by atoms with van der Waals surface area (Å²) in [5.74, 6) is -3.43. The van der Waals surface area contributed by atoms with Crippen LogP contribution in [0, 0.1) is 5.92 Å². The maximum Gasteiger partial charge on any atom is 0.331 e. The van der Waals surface area contributed by atoms with Crippen molar-refractivity contribution in [3.63, 3.8) is 0 Å². The fraction of sp³-hybridized carbons (Fsp3) is 0.560. The van der Waals surface area contributed by atoms with E-state index in [9.17, 15) is 19.5 Å². The first-order chi connectivity index (χ1) is 17.4. The number of carbonyl (C=O) groups is 3. The van der Waals surface area contributed by atoms with Gasteiger partial charge in [0.1, 0.15) is 17.1 Å². The predicted molar refractivity (Wildman–Crippen MR) is 118 cm³/mol. The molecule has 1 N–H and O–H groups in total. The van der Waals surface area contributed by atoms with Gasteiger partial charge in [-0.25, -0.2) is 4.79 Å². The Kier molecular flexibility index (Phi) is 4.89. The third kappa shape index (κ3) is 5.31. The number of ether oxygens (including phenoxy) is 3. The topological polar surface area (TPSA) is 99.1 Å². The smallest absolute Gasteiger partial charge is 0.331 e. The Balaban J connectivity index is 2.05. The first kappa shape index (κ1) is 16.8. The zero-order chi connectivity index (χ0) is 28.6. The molecule has 1 aromatic rings.